The zero-order valence-electron chi connectivity index (χ0n) is 26.5. The number of halogens is 1. The summed E-state index contributed by atoms with van der Waals surface area (Å²) >= 11 is 6.91. The number of hydrogen-bond acceptors (Lipinski definition) is 7. The lowest BCUT2D eigenvalue weighted by molar-refractivity contribution is -0.141. The van der Waals surface area contributed by atoms with Crippen molar-refractivity contribution in [1.82, 2.24) is 25.5 Å². The first kappa shape index (κ1) is 29.5. The minimum atomic E-state index is -0.323. The van der Waals surface area contributed by atoms with E-state index in [4.69, 9.17) is 18.0 Å². The number of fused-ring (bicyclic) bond motifs is 2. The van der Waals surface area contributed by atoms with Crippen LogP contribution in [0.1, 0.15) is 77.1 Å². The number of anilines is 2. The normalized spacial score (nSPS) is 21.2. The number of terminal acetylenes is 1. The molecule has 4 N–H and O–H groups in total. The third-order valence-electron chi connectivity index (χ3n) is 9.48. The number of nitrogens with zero attached hydrogens (tertiary/aromatic N) is 3. The summed E-state index contributed by atoms with van der Waals surface area (Å²) in [5.41, 5.74) is 12.1. The summed E-state index contributed by atoms with van der Waals surface area (Å²) in [6.07, 6.45) is 15.3. The Labute approximate surface area is 269 Å². The van der Waals surface area contributed by atoms with Crippen molar-refractivity contribution in [3.63, 3.8) is 0 Å². The standard InChI is InChI=1S/C36H40ClN7O/c1-7-23-18-38-32-28(31(23)39-20-35(4,5)6)13-24(14-29(32)37)40-33(30-19-44(42-41-30)36-15-22(16-36)17-36)26-9-8-10-27-25(26)11-12-43(21(2)3)34(27)45/h1,8-14,18-19,21-22,33,40-42H,15-17,20H2,2-6H3,(H,38,39)/t22?,33-,36?/m0/s1. The Hall–Kier alpha value is -4.19. The summed E-state index contributed by atoms with van der Waals surface area (Å²) in [6.45, 7) is 11.3. The van der Waals surface area contributed by atoms with Gasteiger partial charge >= 0.3 is 0 Å². The molecular weight excluding hydrogens is 582 g/mol. The van der Waals surface area contributed by atoms with E-state index >= 15 is 0 Å². The molecule has 0 spiro atoms. The van der Waals surface area contributed by atoms with E-state index in [1.165, 1.54) is 19.3 Å². The molecule has 2 aromatic heterocycles. The second kappa shape index (κ2) is 10.7. The molecule has 1 aliphatic heterocycles. The summed E-state index contributed by atoms with van der Waals surface area (Å²) in [7, 11) is 0. The molecule has 3 aliphatic carbocycles. The quantitative estimate of drug-likeness (QED) is 0.156. The number of aromatic nitrogens is 2. The largest absolute Gasteiger partial charge is 0.383 e. The molecule has 3 fully saturated rings. The highest BCUT2D eigenvalue weighted by molar-refractivity contribution is 6.35. The molecule has 1 atom stereocenters. The predicted octanol–water partition coefficient (Wildman–Crippen LogP) is 7.10. The van der Waals surface area contributed by atoms with Gasteiger partial charge < -0.3 is 20.6 Å². The van der Waals surface area contributed by atoms with Gasteiger partial charge in [-0.3, -0.25) is 14.8 Å². The Bertz CT molecular complexity index is 1950. The van der Waals surface area contributed by atoms with Crippen molar-refractivity contribution >= 4 is 44.7 Å². The SMILES string of the molecule is C#Cc1cnc2c(Cl)cc(N[C@H](C3=CN(C45CC(C4)C5)NN3)c3cccc4c(=O)n(C(C)C)ccc34)cc2c1NCC(C)(C)C. The second-order valence-electron chi connectivity index (χ2n) is 14.4. The van der Waals surface area contributed by atoms with Crippen molar-refractivity contribution in [2.75, 3.05) is 17.2 Å². The molecule has 0 saturated heterocycles. The summed E-state index contributed by atoms with van der Waals surface area (Å²) in [6, 6.07) is 11.7. The van der Waals surface area contributed by atoms with Gasteiger partial charge in [-0.15, -0.1) is 12.0 Å². The van der Waals surface area contributed by atoms with Crippen LogP contribution >= 0.6 is 11.6 Å². The van der Waals surface area contributed by atoms with E-state index in [0.717, 1.165) is 45.9 Å². The number of hydrazine groups is 2. The lowest BCUT2D eigenvalue weighted by Crippen LogP contribution is -2.69. The topological polar surface area (TPSA) is 86.2 Å². The highest BCUT2D eigenvalue weighted by Gasteiger charge is 2.60. The molecule has 8 nitrogen and oxygen atoms in total. The van der Waals surface area contributed by atoms with Crippen LogP contribution in [0.15, 0.2) is 65.5 Å². The van der Waals surface area contributed by atoms with Crippen LogP contribution in [0, 0.1) is 23.7 Å². The summed E-state index contributed by atoms with van der Waals surface area (Å²) in [5.74, 6) is 3.64. The molecule has 4 aliphatic rings. The Morgan fingerprint density at radius 3 is 2.60 bits per heavy atom. The minimum Gasteiger partial charge on any atom is -0.383 e. The average molecular weight is 622 g/mol. The van der Waals surface area contributed by atoms with Gasteiger partial charge in [0.15, 0.2) is 0 Å². The highest BCUT2D eigenvalue weighted by atomic mass is 35.5. The van der Waals surface area contributed by atoms with E-state index in [2.05, 4.69) is 76.6 Å². The van der Waals surface area contributed by atoms with Gasteiger partial charge in [-0.2, -0.15) is 0 Å². The van der Waals surface area contributed by atoms with E-state index in [-0.39, 0.29) is 28.6 Å². The molecule has 232 valence electrons. The van der Waals surface area contributed by atoms with Crippen LogP contribution in [0.3, 0.4) is 0 Å². The third-order valence-corrected chi connectivity index (χ3v) is 9.77. The van der Waals surface area contributed by atoms with Crippen molar-refractivity contribution in [3.8, 4) is 12.3 Å². The molecule has 0 unspecified atom stereocenters. The molecule has 9 heteroatoms. The van der Waals surface area contributed by atoms with Gasteiger partial charge in [0.2, 0.25) is 0 Å². The first-order chi connectivity index (χ1) is 21.5. The van der Waals surface area contributed by atoms with Gasteiger partial charge in [0, 0.05) is 47.6 Å². The van der Waals surface area contributed by atoms with E-state index in [9.17, 15) is 4.79 Å². The van der Waals surface area contributed by atoms with E-state index < -0.39 is 0 Å². The fourth-order valence-electron chi connectivity index (χ4n) is 6.92. The molecule has 0 radical (unpaired) electrons. The maximum atomic E-state index is 13.5. The summed E-state index contributed by atoms with van der Waals surface area (Å²) in [4.78, 5) is 18.1. The molecule has 4 aromatic rings. The summed E-state index contributed by atoms with van der Waals surface area (Å²) in [5, 5.41) is 12.6. The Morgan fingerprint density at radius 2 is 1.93 bits per heavy atom. The smallest absolute Gasteiger partial charge is 0.258 e. The first-order valence-corrected chi connectivity index (χ1v) is 16.1. The van der Waals surface area contributed by atoms with Crippen LogP contribution < -0.4 is 27.2 Å². The van der Waals surface area contributed by atoms with Crippen LogP contribution in [-0.2, 0) is 0 Å². The van der Waals surface area contributed by atoms with Gasteiger partial charge in [-0.05, 0) is 79.7 Å². The van der Waals surface area contributed by atoms with Crippen LogP contribution in [0.2, 0.25) is 5.02 Å². The molecule has 3 saturated carbocycles. The highest BCUT2D eigenvalue weighted by Crippen LogP contribution is 2.60. The maximum Gasteiger partial charge on any atom is 0.258 e. The molecule has 3 heterocycles. The number of rotatable bonds is 8. The monoisotopic (exact) mass is 621 g/mol. The molecule has 0 amide bonds. The molecule has 2 aromatic carbocycles. The van der Waals surface area contributed by atoms with Gasteiger partial charge in [-0.25, -0.2) is 0 Å². The van der Waals surface area contributed by atoms with Crippen LogP contribution in [0.5, 0.6) is 0 Å². The Balaban J connectivity index is 1.35. The third kappa shape index (κ3) is 5.08. The van der Waals surface area contributed by atoms with Crippen molar-refractivity contribution < 1.29 is 0 Å². The predicted molar refractivity (Wildman–Crippen MR) is 184 cm³/mol. The minimum absolute atomic E-state index is 0.00119. The van der Waals surface area contributed by atoms with Gasteiger partial charge in [0.25, 0.3) is 5.56 Å². The van der Waals surface area contributed by atoms with Crippen molar-refractivity contribution in [1.29, 1.82) is 0 Å². The lowest BCUT2D eigenvalue weighted by Gasteiger charge is -2.64. The zero-order valence-corrected chi connectivity index (χ0v) is 27.2. The number of benzene rings is 2. The second-order valence-corrected chi connectivity index (χ2v) is 14.8. The Morgan fingerprint density at radius 1 is 1.16 bits per heavy atom. The fourth-order valence-corrected chi connectivity index (χ4v) is 7.19. The number of nitrogens with one attached hydrogen (secondary N) is 4. The fraction of sp³-hybridized carbons (Fsp3) is 0.389. The van der Waals surface area contributed by atoms with E-state index in [1.807, 2.05) is 44.3 Å². The van der Waals surface area contributed by atoms with E-state index in [0.29, 0.717) is 21.5 Å². The van der Waals surface area contributed by atoms with Gasteiger partial charge in [-0.1, -0.05) is 50.4 Å². The lowest BCUT2D eigenvalue weighted by atomic mass is 9.49. The number of pyridine rings is 2. The molecule has 45 heavy (non-hydrogen) atoms. The van der Waals surface area contributed by atoms with Crippen molar-refractivity contribution in [3.05, 3.63) is 87.2 Å². The van der Waals surface area contributed by atoms with Crippen molar-refractivity contribution in [2.24, 2.45) is 11.3 Å². The molecular formula is C36H40ClN7O. The van der Waals surface area contributed by atoms with Crippen LogP contribution in [-0.4, -0.2) is 26.6 Å². The first-order valence-electron chi connectivity index (χ1n) is 15.7. The Kier molecular flexibility index (Phi) is 7.03. The van der Waals surface area contributed by atoms with Crippen LogP contribution in [0.4, 0.5) is 11.4 Å². The van der Waals surface area contributed by atoms with E-state index in [1.54, 1.807) is 10.8 Å². The average Bonchev–Trinajstić information content (AvgIpc) is 3.41. The van der Waals surface area contributed by atoms with Gasteiger partial charge in [0.05, 0.1) is 39.1 Å². The maximum absolute atomic E-state index is 13.5. The van der Waals surface area contributed by atoms with Crippen molar-refractivity contribution in [2.45, 2.75) is 71.5 Å². The van der Waals surface area contributed by atoms with Crippen LogP contribution in [0.25, 0.3) is 21.7 Å². The molecule has 2 bridgehead atoms. The van der Waals surface area contributed by atoms with Gasteiger partial charge in [0.1, 0.15) is 0 Å². The number of hydrogen-bond donors (Lipinski definition) is 4. The summed E-state index contributed by atoms with van der Waals surface area (Å²) < 4.78 is 1.78. The molecule has 8 rings (SSSR count). The zero-order chi connectivity index (χ0) is 31.7.